The standard InChI is InChI=1S/C8H15NO4S.H3N/c1-5-7(10)9-6-8(2,3)13-14(4,11)12;/h5H,1,6H2,2-4H3,(H,9,10);1H3. The molecule has 0 heterocycles. The Bertz CT molecular complexity index is 322. The lowest BCUT2D eigenvalue weighted by molar-refractivity contribution is -0.117. The highest BCUT2D eigenvalue weighted by atomic mass is 32.2. The van der Waals surface area contributed by atoms with Crippen LogP contribution in [0.3, 0.4) is 0 Å². The molecule has 0 bridgehead atoms. The maximum atomic E-state index is 10.8. The molecule has 0 unspecified atom stereocenters. The monoisotopic (exact) mass is 238 g/mol. The van der Waals surface area contributed by atoms with E-state index in [1.807, 2.05) is 0 Å². The van der Waals surface area contributed by atoms with Crippen LogP contribution in [0.15, 0.2) is 12.7 Å². The molecule has 0 spiro atoms. The van der Waals surface area contributed by atoms with Crippen LogP contribution in [-0.4, -0.2) is 32.7 Å². The van der Waals surface area contributed by atoms with Gasteiger partial charge in [0, 0.05) is 6.54 Å². The van der Waals surface area contributed by atoms with Crippen LogP contribution in [0.25, 0.3) is 0 Å². The zero-order chi connectivity index (χ0) is 11.4. The molecule has 0 aromatic carbocycles. The smallest absolute Gasteiger partial charge is 0.264 e. The van der Waals surface area contributed by atoms with Gasteiger partial charge in [-0.1, -0.05) is 6.58 Å². The van der Waals surface area contributed by atoms with Gasteiger partial charge in [-0.3, -0.25) is 8.98 Å². The van der Waals surface area contributed by atoms with Gasteiger partial charge in [0.15, 0.2) is 0 Å². The minimum Gasteiger partial charge on any atom is -0.350 e. The van der Waals surface area contributed by atoms with Gasteiger partial charge in [-0.25, -0.2) is 0 Å². The Labute approximate surface area is 90.4 Å². The molecule has 0 aromatic rings. The average Bonchev–Trinajstić information content (AvgIpc) is 1.96. The van der Waals surface area contributed by atoms with E-state index < -0.39 is 15.7 Å². The Morgan fingerprint density at radius 1 is 1.53 bits per heavy atom. The van der Waals surface area contributed by atoms with Gasteiger partial charge in [-0.05, 0) is 19.9 Å². The molecule has 4 N–H and O–H groups in total. The van der Waals surface area contributed by atoms with Gasteiger partial charge in [0.1, 0.15) is 0 Å². The van der Waals surface area contributed by atoms with Gasteiger partial charge in [0.2, 0.25) is 5.91 Å². The molecule has 0 aliphatic carbocycles. The summed E-state index contributed by atoms with van der Waals surface area (Å²) in [4.78, 5) is 10.8. The van der Waals surface area contributed by atoms with Crippen molar-refractivity contribution in [3.63, 3.8) is 0 Å². The second-order valence-corrected chi connectivity index (χ2v) is 5.04. The molecule has 0 aliphatic rings. The zero-order valence-electron chi connectivity index (χ0n) is 9.24. The van der Waals surface area contributed by atoms with E-state index in [0.717, 1.165) is 12.3 Å². The Morgan fingerprint density at radius 3 is 2.33 bits per heavy atom. The van der Waals surface area contributed by atoms with Gasteiger partial charge < -0.3 is 11.5 Å². The molecule has 7 heteroatoms. The summed E-state index contributed by atoms with van der Waals surface area (Å²) in [6.45, 7) is 6.50. The van der Waals surface area contributed by atoms with E-state index in [2.05, 4.69) is 11.9 Å². The van der Waals surface area contributed by atoms with Crippen LogP contribution in [0.1, 0.15) is 13.8 Å². The number of carbonyl (C=O) groups is 1. The van der Waals surface area contributed by atoms with Gasteiger partial charge in [-0.2, -0.15) is 8.42 Å². The topological polar surface area (TPSA) is 107 Å². The van der Waals surface area contributed by atoms with E-state index in [4.69, 9.17) is 4.18 Å². The Morgan fingerprint density at radius 2 is 2.00 bits per heavy atom. The van der Waals surface area contributed by atoms with Gasteiger partial charge in [0.05, 0.1) is 11.9 Å². The van der Waals surface area contributed by atoms with Crippen LogP contribution in [0, 0.1) is 0 Å². The van der Waals surface area contributed by atoms with Crippen molar-refractivity contribution < 1.29 is 17.4 Å². The minimum absolute atomic E-state index is 0. The molecule has 1 amide bonds. The highest BCUT2D eigenvalue weighted by Crippen LogP contribution is 2.10. The summed E-state index contributed by atoms with van der Waals surface area (Å²) in [7, 11) is -3.51. The van der Waals surface area contributed by atoms with Crippen molar-refractivity contribution in [3.8, 4) is 0 Å². The number of hydrogen-bond acceptors (Lipinski definition) is 5. The third-order valence-corrected chi connectivity index (χ3v) is 2.00. The molecule has 0 rings (SSSR count). The highest BCUT2D eigenvalue weighted by Gasteiger charge is 2.24. The maximum absolute atomic E-state index is 10.8. The van der Waals surface area contributed by atoms with Gasteiger partial charge in [-0.15, -0.1) is 0 Å². The molecule has 0 aliphatic heterocycles. The van der Waals surface area contributed by atoms with Crippen molar-refractivity contribution in [3.05, 3.63) is 12.7 Å². The normalized spacial score (nSPS) is 11.4. The summed E-state index contributed by atoms with van der Waals surface area (Å²) in [5, 5.41) is 2.45. The lowest BCUT2D eigenvalue weighted by Crippen LogP contribution is -2.41. The third-order valence-electron chi connectivity index (χ3n) is 1.25. The summed E-state index contributed by atoms with van der Waals surface area (Å²) in [5.74, 6) is -0.366. The van der Waals surface area contributed by atoms with Crippen molar-refractivity contribution in [2.24, 2.45) is 0 Å². The maximum Gasteiger partial charge on any atom is 0.264 e. The van der Waals surface area contributed by atoms with E-state index in [1.165, 1.54) is 0 Å². The fourth-order valence-corrected chi connectivity index (χ4v) is 1.69. The SMILES string of the molecule is C=CC(=O)NCC(C)(C)OS(C)(=O)=O.N. The number of carbonyl (C=O) groups excluding carboxylic acids is 1. The van der Waals surface area contributed by atoms with E-state index in [-0.39, 0.29) is 18.6 Å². The van der Waals surface area contributed by atoms with Crippen molar-refractivity contribution in [1.82, 2.24) is 11.5 Å². The van der Waals surface area contributed by atoms with Gasteiger partial charge >= 0.3 is 0 Å². The fourth-order valence-electron chi connectivity index (χ4n) is 0.811. The first kappa shape index (κ1) is 16.5. The third kappa shape index (κ3) is 9.39. The molecule has 0 fully saturated rings. The molecule has 0 saturated heterocycles. The molecular formula is C8H18N2O4S. The molecule has 0 radical (unpaired) electrons. The molecule has 90 valence electrons. The van der Waals surface area contributed by atoms with Crippen LogP contribution >= 0.6 is 0 Å². The largest absolute Gasteiger partial charge is 0.350 e. The predicted molar refractivity (Wildman–Crippen MR) is 58.2 cm³/mol. The van der Waals surface area contributed by atoms with Crippen LogP contribution in [-0.2, 0) is 19.1 Å². The lowest BCUT2D eigenvalue weighted by atomic mass is 10.1. The quantitative estimate of drug-likeness (QED) is 0.525. The zero-order valence-corrected chi connectivity index (χ0v) is 10.1. The van der Waals surface area contributed by atoms with Crippen LogP contribution in [0.4, 0.5) is 0 Å². The summed E-state index contributed by atoms with van der Waals surface area (Å²) in [5.41, 5.74) is -0.952. The summed E-state index contributed by atoms with van der Waals surface area (Å²) in [6.07, 6.45) is 2.07. The van der Waals surface area contributed by atoms with Crippen molar-refractivity contribution in [1.29, 1.82) is 0 Å². The first-order chi connectivity index (χ1) is 6.16. The lowest BCUT2D eigenvalue weighted by Gasteiger charge is -2.23. The summed E-state index contributed by atoms with van der Waals surface area (Å²) >= 11 is 0. The first-order valence-electron chi connectivity index (χ1n) is 3.97. The Kier molecular flexibility index (Phi) is 6.43. The molecule has 0 atom stereocenters. The minimum atomic E-state index is -3.51. The Hall–Kier alpha value is -0.920. The Balaban J connectivity index is 0. The van der Waals surface area contributed by atoms with E-state index in [1.54, 1.807) is 13.8 Å². The highest BCUT2D eigenvalue weighted by molar-refractivity contribution is 7.86. The summed E-state index contributed by atoms with van der Waals surface area (Å²) < 4.78 is 26.4. The van der Waals surface area contributed by atoms with Crippen LogP contribution < -0.4 is 11.5 Å². The molecule has 0 aromatic heterocycles. The van der Waals surface area contributed by atoms with Crippen molar-refractivity contribution >= 4 is 16.0 Å². The van der Waals surface area contributed by atoms with E-state index >= 15 is 0 Å². The van der Waals surface area contributed by atoms with Gasteiger partial charge in [0.25, 0.3) is 10.1 Å². The second-order valence-electron chi connectivity index (χ2n) is 3.47. The number of hydrogen-bond donors (Lipinski definition) is 2. The van der Waals surface area contributed by atoms with Crippen LogP contribution in [0.2, 0.25) is 0 Å². The number of nitrogens with one attached hydrogen (secondary N) is 1. The molecule has 0 saturated carbocycles. The molecule has 15 heavy (non-hydrogen) atoms. The summed E-state index contributed by atoms with van der Waals surface area (Å²) in [6, 6.07) is 0. The second kappa shape index (κ2) is 5.84. The number of amides is 1. The fraction of sp³-hybridized carbons (Fsp3) is 0.625. The van der Waals surface area contributed by atoms with E-state index in [9.17, 15) is 13.2 Å². The number of rotatable bonds is 5. The molecule has 6 nitrogen and oxygen atoms in total. The van der Waals surface area contributed by atoms with E-state index in [0.29, 0.717) is 0 Å². The van der Waals surface area contributed by atoms with Crippen LogP contribution in [0.5, 0.6) is 0 Å². The predicted octanol–water partition coefficient (Wildman–Crippen LogP) is 0.205. The van der Waals surface area contributed by atoms with Crippen molar-refractivity contribution in [2.75, 3.05) is 12.8 Å². The average molecular weight is 238 g/mol. The molecular weight excluding hydrogens is 220 g/mol. The first-order valence-corrected chi connectivity index (χ1v) is 5.79. The van der Waals surface area contributed by atoms with Crippen molar-refractivity contribution in [2.45, 2.75) is 19.4 Å².